The highest BCUT2D eigenvalue weighted by Crippen LogP contribution is 2.46. The Hall–Kier alpha value is -3.64. The lowest BCUT2D eigenvalue weighted by Gasteiger charge is -2.32. The van der Waals surface area contributed by atoms with Gasteiger partial charge in [-0.25, -0.2) is 4.39 Å². The highest BCUT2D eigenvalue weighted by Gasteiger charge is 2.34. The fourth-order valence-corrected chi connectivity index (χ4v) is 5.26. The van der Waals surface area contributed by atoms with Gasteiger partial charge in [-0.05, 0) is 83.3 Å². The summed E-state index contributed by atoms with van der Waals surface area (Å²) in [5, 5.41) is 0. The monoisotopic (exact) mass is 546 g/mol. The molecule has 3 aromatic rings. The Kier molecular flexibility index (Phi) is 9.31. The van der Waals surface area contributed by atoms with E-state index in [1.165, 1.54) is 13.2 Å². The summed E-state index contributed by atoms with van der Waals surface area (Å²) >= 11 is 0. The Morgan fingerprint density at radius 2 is 1.80 bits per heavy atom. The molecule has 0 amide bonds. The molecule has 4 rings (SSSR count). The molecular weight excluding hydrogens is 507 g/mol. The van der Waals surface area contributed by atoms with E-state index in [0.717, 1.165) is 40.8 Å². The molecule has 1 aliphatic carbocycles. The van der Waals surface area contributed by atoms with Crippen LogP contribution in [0.5, 0.6) is 11.5 Å². The first-order valence-corrected chi connectivity index (χ1v) is 13.6. The maximum atomic E-state index is 15.1. The van der Waals surface area contributed by atoms with Gasteiger partial charge in [0, 0.05) is 18.1 Å². The molecule has 0 bridgehead atoms. The third-order valence-corrected chi connectivity index (χ3v) is 7.80. The molecule has 1 fully saturated rings. The van der Waals surface area contributed by atoms with E-state index in [9.17, 15) is 4.79 Å². The van der Waals surface area contributed by atoms with Gasteiger partial charge in [-0.3, -0.25) is 4.79 Å². The van der Waals surface area contributed by atoms with Crippen LogP contribution >= 0.6 is 0 Å². The predicted octanol–water partition coefficient (Wildman–Crippen LogP) is 8.04. The van der Waals surface area contributed by atoms with Crippen molar-refractivity contribution in [3.8, 4) is 22.6 Å². The Morgan fingerprint density at radius 3 is 2.45 bits per heavy atom. The zero-order chi connectivity index (χ0) is 28.9. The van der Waals surface area contributed by atoms with E-state index in [1.807, 2.05) is 56.3 Å². The van der Waals surface area contributed by atoms with Crippen molar-refractivity contribution in [1.29, 1.82) is 0 Å². The molecule has 40 heavy (non-hydrogen) atoms. The number of benzene rings is 3. The van der Waals surface area contributed by atoms with Gasteiger partial charge in [0.05, 0.1) is 26.7 Å². The van der Waals surface area contributed by atoms with Gasteiger partial charge in [-0.1, -0.05) is 44.2 Å². The average Bonchev–Trinajstić information content (AvgIpc) is 3.81. The predicted molar refractivity (Wildman–Crippen MR) is 155 cm³/mol. The van der Waals surface area contributed by atoms with Crippen LogP contribution in [0.1, 0.15) is 61.8 Å². The number of carbonyl (C=O) groups excluding carboxylic acids is 1. The summed E-state index contributed by atoms with van der Waals surface area (Å²) < 4.78 is 37.6. The van der Waals surface area contributed by atoms with Crippen molar-refractivity contribution in [3.63, 3.8) is 0 Å². The smallest absolute Gasteiger partial charge is 0.306 e. The molecule has 0 heterocycles. The van der Waals surface area contributed by atoms with Crippen LogP contribution in [0.4, 0.5) is 4.39 Å². The van der Waals surface area contributed by atoms with Gasteiger partial charge in [0.1, 0.15) is 23.9 Å². The van der Waals surface area contributed by atoms with Gasteiger partial charge in [0.25, 0.3) is 0 Å². The van der Waals surface area contributed by atoms with Crippen molar-refractivity contribution >= 4 is 5.97 Å². The topological polar surface area (TPSA) is 54.0 Å². The third-order valence-electron chi connectivity index (χ3n) is 7.80. The molecule has 0 radical (unpaired) electrons. The summed E-state index contributed by atoms with van der Waals surface area (Å²) in [4.78, 5) is 12.0. The zero-order valence-electron chi connectivity index (χ0n) is 24.0. The molecule has 212 valence electrons. The highest BCUT2D eigenvalue weighted by molar-refractivity contribution is 5.71. The molecule has 5 nitrogen and oxygen atoms in total. The molecule has 1 aliphatic rings. The van der Waals surface area contributed by atoms with E-state index in [0.29, 0.717) is 30.3 Å². The number of halogens is 1. The van der Waals surface area contributed by atoms with E-state index < -0.39 is 5.41 Å². The fraction of sp³-hybridized carbons (Fsp3) is 0.382. The van der Waals surface area contributed by atoms with Crippen molar-refractivity contribution in [3.05, 3.63) is 95.8 Å². The van der Waals surface area contributed by atoms with E-state index in [-0.39, 0.29) is 23.8 Å². The van der Waals surface area contributed by atoms with Crippen LogP contribution in [0.3, 0.4) is 0 Å². The lowest BCUT2D eigenvalue weighted by atomic mass is 9.79. The average molecular weight is 547 g/mol. The molecule has 0 saturated heterocycles. The van der Waals surface area contributed by atoms with Crippen LogP contribution in [-0.4, -0.2) is 27.3 Å². The minimum atomic E-state index is -0.426. The van der Waals surface area contributed by atoms with Gasteiger partial charge in [0.15, 0.2) is 0 Å². The first kappa shape index (κ1) is 29.3. The van der Waals surface area contributed by atoms with Gasteiger partial charge < -0.3 is 18.9 Å². The van der Waals surface area contributed by atoms with Crippen LogP contribution in [-0.2, 0) is 20.9 Å². The van der Waals surface area contributed by atoms with Gasteiger partial charge in [-0.2, -0.15) is 0 Å². The van der Waals surface area contributed by atoms with Crippen LogP contribution in [0.15, 0.2) is 73.3 Å². The number of hydrogen-bond acceptors (Lipinski definition) is 5. The lowest BCUT2D eigenvalue weighted by Crippen LogP contribution is -2.22. The van der Waals surface area contributed by atoms with Crippen LogP contribution < -0.4 is 9.47 Å². The Morgan fingerprint density at radius 1 is 1.02 bits per heavy atom. The number of ether oxygens (including phenoxy) is 4. The van der Waals surface area contributed by atoms with Crippen LogP contribution in [0.2, 0.25) is 0 Å². The first-order valence-electron chi connectivity index (χ1n) is 13.6. The second kappa shape index (κ2) is 12.7. The van der Waals surface area contributed by atoms with Crippen molar-refractivity contribution in [2.24, 2.45) is 11.3 Å². The summed E-state index contributed by atoms with van der Waals surface area (Å²) in [6.45, 7) is 8.40. The Bertz CT molecular complexity index is 1340. The number of carbonyl (C=O) groups is 1. The zero-order valence-corrected chi connectivity index (χ0v) is 24.0. The molecular formula is C34H39FO5. The van der Waals surface area contributed by atoms with E-state index in [2.05, 4.69) is 12.6 Å². The second-order valence-electron chi connectivity index (χ2n) is 11.0. The minimum Gasteiger partial charge on any atom is -0.497 e. The number of esters is 1. The van der Waals surface area contributed by atoms with Crippen molar-refractivity contribution in [2.45, 2.75) is 51.7 Å². The highest BCUT2D eigenvalue weighted by atomic mass is 19.1. The summed E-state index contributed by atoms with van der Waals surface area (Å²) in [5.41, 5.74) is 3.57. The summed E-state index contributed by atoms with van der Waals surface area (Å²) in [6.07, 6.45) is 4.08. The Labute approximate surface area is 236 Å². The molecule has 0 aliphatic heterocycles. The summed E-state index contributed by atoms with van der Waals surface area (Å²) in [6, 6.07) is 18.5. The van der Waals surface area contributed by atoms with Crippen LogP contribution in [0.25, 0.3) is 11.1 Å². The molecule has 6 heteroatoms. The Balaban J connectivity index is 1.65. The molecule has 0 aromatic heterocycles. The molecule has 0 N–H and O–H groups in total. The summed E-state index contributed by atoms with van der Waals surface area (Å²) in [7, 11) is 4.65. The lowest BCUT2D eigenvalue weighted by molar-refractivity contribution is -0.141. The molecule has 2 atom stereocenters. The van der Waals surface area contributed by atoms with Gasteiger partial charge in [-0.15, -0.1) is 6.58 Å². The van der Waals surface area contributed by atoms with Crippen molar-refractivity contribution in [2.75, 3.05) is 21.3 Å². The van der Waals surface area contributed by atoms with E-state index >= 15 is 4.39 Å². The molecule has 0 spiro atoms. The normalized spacial score (nSPS) is 14.8. The van der Waals surface area contributed by atoms with Crippen LogP contribution in [0, 0.1) is 17.2 Å². The largest absolute Gasteiger partial charge is 0.497 e. The fourth-order valence-electron chi connectivity index (χ4n) is 5.26. The maximum absolute atomic E-state index is 15.1. The third kappa shape index (κ3) is 6.73. The van der Waals surface area contributed by atoms with Gasteiger partial charge >= 0.3 is 5.97 Å². The molecule has 1 saturated carbocycles. The van der Waals surface area contributed by atoms with E-state index in [1.54, 1.807) is 26.4 Å². The second-order valence-corrected chi connectivity index (χ2v) is 11.0. The maximum Gasteiger partial charge on any atom is 0.306 e. The van der Waals surface area contributed by atoms with E-state index in [4.69, 9.17) is 18.9 Å². The van der Waals surface area contributed by atoms with Crippen molar-refractivity contribution in [1.82, 2.24) is 0 Å². The number of rotatable bonds is 13. The number of hydrogen-bond donors (Lipinski definition) is 0. The van der Waals surface area contributed by atoms with Gasteiger partial charge in [0.2, 0.25) is 0 Å². The quantitative estimate of drug-likeness (QED) is 0.160. The first-order chi connectivity index (χ1) is 19.2. The number of methoxy groups -OCH3 is 3. The molecule has 1 unspecified atom stereocenters. The standard InChI is InChI=1S/C34H39FO5/c1-7-34(2,3)33(39-6)30-17-22(11-15-27(30)29-19-25(37-4)14-16-31(29)35)21-40-26-10-8-9-24(18-26)28(23-12-13-23)20-32(36)38-5/h7-11,14-19,23,28,33H,1,12-13,20-21H2,2-6H3/t28-,33?/m0/s1. The summed E-state index contributed by atoms with van der Waals surface area (Å²) in [5.74, 6) is 1.39. The van der Waals surface area contributed by atoms with Crippen molar-refractivity contribution < 1.29 is 28.1 Å². The molecule has 3 aromatic carbocycles. The SMILES string of the molecule is C=CC(C)(C)C(OC)c1cc(COc2cccc([C@@H](CC(=O)OC)C3CC3)c2)ccc1-c1cc(OC)ccc1F. The minimum absolute atomic E-state index is 0.128.